The molecule has 3 heteroatoms. The predicted octanol–water partition coefficient (Wildman–Crippen LogP) is 4.88. The van der Waals surface area contributed by atoms with Crippen LogP contribution in [-0.2, 0) is 0 Å². The Bertz CT molecular complexity index is 851. The number of likely N-dealkylation sites (tertiary alicyclic amines) is 1. The number of fused-ring (bicyclic) bond motifs is 1. The van der Waals surface area contributed by atoms with E-state index in [1.807, 2.05) is 53.4 Å². The Morgan fingerprint density at radius 1 is 0.923 bits per heavy atom. The van der Waals surface area contributed by atoms with Crippen LogP contribution in [0.15, 0.2) is 48.5 Å². The number of rotatable bonds is 2. The third-order valence-corrected chi connectivity index (χ3v) is 6.07. The Kier molecular flexibility index (Phi) is 4.75. The van der Waals surface area contributed by atoms with Crippen molar-refractivity contribution < 1.29 is 4.79 Å². The second-order valence-corrected chi connectivity index (χ2v) is 7.55. The Morgan fingerprint density at radius 3 is 2.42 bits per heavy atom. The van der Waals surface area contributed by atoms with Crippen molar-refractivity contribution in [3.63, 3.8) is 0 Å². The van der Waals surface area contributed by atoms with Crippen LogP contribution in [0.25, 0.3) is 11.1 Å². The van der Waals surface area contributed by atoms with E-state index in [-0.39, 0.29) is 5.91 Å². The number of piperidine rings is 1. The first-order valence-electron chi connectivity index (χ1n) is 9.65. The van der Waals surface area contributed by atoms with Crippen LogP contribution in [0.2, 0.25) is 0 Å². The van der Waals surface area contributed by atoms with E-state index >= 15 is 0 Å². The summed E-state index contributed by atoms with van der Waals surface area (Å²) in [5, 5.41) is 9.44. The van der Waals surface area contributed by atoms with E-state index in [0.717, 1.165) is 36.6 Å². The first-order valence-corrected chi connectivity index (χ1v) is 9.65. The standard InChI is InChI=1S/C23H24N2O/c24-15-18-8-3-4-10-20(18)21-11-5-6-12-22(21)23(26)25-14-13-17-7-1-2-9-19(17)16-25/h3-6,8,10-12,17,19H,1-2,7,9,13-14,16H2/t17-,19-/m1/s1. The van der Waals surface area contributed by atoms with Crippen molar-refractivity contribution in [3.8, 4) is 17.2 Å². The maximum absolute atomic E-state index is 13.3. The van der Waals surface area contributed by atoms with Crippen LogP contribution >= 0.6 is 0 Å². The van der Waals surface area contributed by atoms with Crippen LogP contribution in [0, 0.1) is 23.2 Å². The molecule has 2 aliphatic rings. The molecule has 26 heavy (non-hydrogen) atoms. The highest BCUT2D eigenvalue weighted by atomic mass is 16.2. The maximum atomic E-state index is 13.3. The van der Waals surface area contributed by atoms with E-state index in [4.69, 9.17) is 0 Å². The van der Waals surface area contributed by atoms with E-state index in [1.165, 1.54) is 25.7 Å². The van der Waals surface area contributed by atoms with E-state index < -0.39 is 0 Å². The lowest BCUT2D eigenvalue weighted by Gasteiger charge is -2.41. The molecule has 1 aliphatic heterocycles. The van der Waals surface area contributed by atoms with Crippen molar-refractivity contribution in [2.75, 3.05) is 13.1 Å². The average Bonchev–Trinajstić information content (AvgIpc) is 2.73. The fourth-order valence-corrected chi connectivity index (χ4v) is 4.68. The Hall–Kier alpha value is -2.60. The lowest BCUT2D eigenvalue weighted by molar-refractivity contribution is 0.0521. The topological polar surface area (TPSA) is 44.1 Å². The van der Waals surface area contributed by atoms with Gasteiger partial charge in [-0.3, -0.25) is 4.79 Å². The van der Waals surface area contributed by atoms with Crippen LogP contribution < -0.4 is 0 Å². The fourth-order valence-electron chi connectivity index (χ4n) is 4.68. The quantitative estimate of drug-likeness (QED) is 0.779. The molecule has 3 nitrogen and oxygen atoms in total. The minimum Gasteiger partial charge on any atom is -0.338 e. The predicted molar refractivity (Wildman–Crippen MR) is 103 cm³/mol. The number of benzene rings is 2. The largest absolute Gasteiger partial charge is 0.338 e. The molecule has 2 fully saturated rings. The zero-order valence-electron chi connectivity index (χ0n) is 15.0. The highest BCUT2D eigenvalue weighted by Crippen LogP contribution is 2.37. The number of carbonyl (C=O) groups is 1. The van der Waals surface area contributed by atoms with Crippen molar-refractivity contribution in [2.45, 2.75) is 32.1 Å². The van der Waals surface area contributed by atoms with E-state index in [9.17, 15) is 10.1 Å². The van der Waals surface area contributed by atoms with Gasteiger partial charge in [-0.15, -0.1) is 0 Å². The first-order chi connectivity index (χ1) is 12.8. The van der Waals surface area contributed by atoms with E-state index in [0.29, 0.717) is 17.0 Å². The molecule has 2 atom stereocenters. The molecule has 1 amide bonds. The van der Waals surface area contributed by atoms with Gasteiger partial charge in [0.1, 0.15) is 0 Å². The summed E-state index contributed by atoms with van der Waals surface area (Å²) in [6, 6.07) is 17.5. The highest BCUT2D eigenvalue weighted by molar-refractivity contribution is 6.01. The lowest BCUT2D eigenvalue weighted by Crippen LogP contribution is -2.44. The normalized spacial score (nSPS) is 22.3. The monoisotopic (exact) mass is 344 g/mol. The number of carbonyl (C=O) groups excluding carboxylic acids is 1. The molecule has 1 saturated carbocycles. The van der Waals surface area contributed by atoms with E-state index in [1.54, 1.807) is 0 Å². The molecule has 132 valence electrons. The van der Waals surface area contributed by atoms with Crippen LogP contribution in [0.4, 0.5) is 0 Å². The third-order valence-electron chi connectivity index (χ3n) is 6.07. The minimum absolute atomic E-state index is 0.109. The van der Waals surface area contributed by atoms with Crippen LogP contribution in [0.5, 0.6) is 0 Å². The SMILES string of the molecule is N#Cc1ccccc1-c1ccccc1C(=O)N1CC[C@H]2CCCC[C@@H]2C1. The maximum Gasteiger partial charge on any atom is 0.254 e. The summed E-state index contributed by atoms with van der Waals surface area (Å²) in [6.45, 7) is 1.74. The van der Waals surface area contributed by atoms with Gasteiger partial charge in [0.15, 0.2) is 0 Å². The number of hydrogen-bond acceptors (Lipinski definition) is 2. The van der Waals surface area contributed by atoms with Crippen molar-refractivity contribution in [1.29, 1.82) is 5.26 Å². The van der Waals surface area contributed by atoms with Gasteiger partial charge < -0.3 is 4.90 Å². The van der Waals surface area contributed by atoms with Gasteiger partial charge >= 0.3 is 0 Å². The summed E-state index contributed by atoms with van der Waals surface area (Å²) in [6.07, 6.45) is 6.37. The third kappa shape index (κ3) is 3.12. The molecular weight excluding hydrogens is 320 g/mol. The molecule has 0 aromatic heterocycles. The zero-order chi connectivity index (χ0) is 17.9. The summed E-state index contributed by atoms with van der Waals surface area (Å²) < 4.78 is 0. The van der Waals surface area contributed by atoms with Crippen molar-refractivity contribution >= 4 is 5.91 Å². The average molecular weight is 344 g/mol. The summed E-state index contributed by atoms with van der Waals surface area (Å²) in [5.74, 6) is 1.58. The number of nitriles is 1. The molecule has 1 saturated heterocycles. The molecule has 0 unspecified atom stereocenters. The second kappa shape index (κ2) is 7.33. The number of hydrogen-bond donors (Lipinski definition) is 0. The molecule has 2 aromatic rings. The van der Waals surface area contributed by atoms with E-state index in [2.05, 4.69) is 6.07 Å². The molecule has 1 heterocycles. The van der Waals surface area contributed by atoms with Gasteiger partial charge in [0.2, 0.25) is 0 Å². The number of nitrogens with zero attached hydrogens (tertiary/aromatic N) is 2. The van der Waals surface area contributed by atoms with Crippen LogP contribution in [-0.4, -0.2) is 23.9 Å². The Morgan fingerprint density at radius 2 is 1.62 bits per heavy atom. The van der Waals surface area contributed by atoms with Gasteiger partial charge in [0, 0.05) is 24.2 Å². The summed E-state index contributed by atoms with van der Waals surface area (Å²) in [4.78, 5) is 15.4. The smallest absolute Gasteiger partial charge is 0.254 e. The minimum atomic E-state index is 0.109. The van der Waals surface area contributed by atoms with Gasteiger partial charge in [-0.1, -0.05) is 55.7 Å². The fraction of sp³-hybridized carbons (Fsp3) is 0.391. The van der Waals surface area contributed by atoms with Gasteiger partial charge in [-0.05, 0) is 42.4 Å². The van der Waals surface area contributed by atoms with Crippen molar-refractivity contribution in [3.05, 3.63) is 59.7 Å². The van der Waals surface area contributed by atoms with Gasteiger partial charge in [-0.2, -0.15) is 5.26 Å². The molecule has 0 radical (unpaired) electrons. The van der Waals surface area contributed by atoms with Crippen molar-refractivity contribution in [2.24, 2.45) is 11.8 Å². The summed E-state index contributed by atoms with van der Waals surface area (Å²) in [5.41, 5.74) is 3.02. The van der Waals surface area contributed by atoms with Gasteiger partial charge in [-0.25, -0.2) is 0 Å². The zero-order valence-corrected chi connectivity index (χ0v) is 15.0. The molecule has 0 bridgehead atoms. The molecular formula is C23H24N2O. The van der Waals surface area contributed by atoms with Crippen LogP contribution in [0.1, 0.15) is 48.0 Å². The molecule has 0 spiro atoms. The number of amides is 1. The molecule has 2 aromatic carbocycles. The van der Waals surface area contributed by atoms with Gasteiger partial charge in [0.25, 0.3) is 5.91 Å². The molecule has 0 N–H and O–H groups in total. The molecule has 4 rings (SSSR count). The summed E-state index contributed by atoms with van der Waals surface area (Å²) in [7, 11) is 0. The van der Waals surface area contributed by atoms with Crippen molar-refractivity contribution in [1.82, 2.24) is 4.90 Å². The first kappa shape index (κ1) is 16.8. The molecule has 1 aliphatic carbocycles. The lowest BCUT2D eigenvalue weighted by atomic mass is 9.75. The summed E-state index contributed by atoms with van der Waals surface area (Å²) >= 11 is 0. The Labute approximate surface area is 155 Å². The second-order valence-electron chi connectivity index (χ2n) is 7.55. The highest BCUT2D eigenvalue weighted by Gasteiger charge is 2.33. The van der Waals surface area contributed by atoms with Crippen LogP contribution in [0.3, 0.4) is 0 Å². The Balaban J connectivity index is 1.64. The van der Waals surface area contributed by atoms with Gasteiger partial charge in [0.05, 0.1) is 11.6 Å².